The Morgan fingerprint density at radius 2 is 1.76 bits per heavy atom. The average molecular weight is 396 g/mol. The highest BCUT2D eigenvalue weighted by Crippen LogP contribution is 2.28. The van der Waals surface area contributed by atoms with E-state index in [1.54, 1.807) is 30.1 Å². The second-order valence-electron chi connectivity index (χ2n) is 6.92. The Bertz CT molecular complexity index is 853. The lowest BCUT2D eigenvalue weighted by Gasteiger charge is -2.18. The van der Waals surface area contributed by atoms with Crippen LogP contribution in [0.25, 0.3) is 0 Å². The summed E-state index contributed by atoms with van der Waals surface area (Å²) >= 11 is 0. The number of benzene rings is 2. The number of likely N-dealkylation sites (N-methyl/N-ethyl adjacent to an activating group) is 1. The summed E-state index contributed by atoms with van der Waals surface area (Å²) < 4.78 is 16.7. The Morgan fingerprint density at radius 3 is 2.41 bits per heavy atom. The maximum absolute atomic E-state index is 12.3. The molecule has 0 bridgehead atoms. The highest BCUT2D eigenvalue weighted by atomic mass is 16.5. The van der Waals surface area contributed by atoms with Gasteiger partial charge in [-0.05, 0) is 55.7 Å². The van der Waals surface area contributed by atoms with E-state index in [2.05, 4.69) is 12.1 Å². The van der Waals surface area contributed by atoms with Gasteiger partial charge in [-0.15, -0.1) is 0 Å². The van der Waals surface area contributed by atoms with Crippen LogP contribution in [0.3, 0.4) is 0 Å². The van der Waals surface area contributed by atoms with Crippen molar-refractivity contribution in [2.75, 3.05) is 33.9 Å². The topological polar surface area (TPSA) is 71.8 Å². The molecule has 0 saturated heterocycles. The number of nitrogens with zero attached hydrogens (tertiary/aromatic N) is 2. The molecule has 1 amide bonds. The molecule has 0 aromatic heterocycles. The molecule has 0 aliphatic rings. The van der Waals surface area contributed by atoms with Crippen LogP contribution in [0.15, 0.2) is 36.4 Å². The van der Waals surface area contributed by atoms with Gasteiger partial charge in [-0.3, -0.25) is 4.79 Å². The molecule has 2 rings (SSSR count). The van der Waals surface area contributed by atoms with Crippen LogP contribution in [0.4, 0.5) is 0 Å². The summed E-state index contributed by atoms with van der Waals surface area (Å²) in [6, 6.07) is 13.1. The lowest BCUT2D eigenvalue weighted by atomic mass is 10.1. The third kappa shape index (κ3) is 7.04. The van der Waals surface area contributed by atoms with Crippen molar-refractivity contribution in [3.8, 4) is 23.3 Å². The van der Waals surface area contributed by atoms with Crippen molar-refractivity contribution in [2.24, 2.45) is 0 Å². The second kappa shape index (κ2) is 11.0. The highest BCUT2D eigenvalue weighted by Gasteiger charge is 2.10. The van der Waals surface area contributed by atoms with E-state index in [9.17, 15) is 4.79 Å². The molecule has 6 heteroatoms. The highest BCUT2D eigenvalue weighted by molar-refractivity contribution is 5.75. The number of methoxy groups -OCH3 is 1. The normalized spacial score (nSPS) is 10.2. The number of carbonyl (C=O) groups excluding carboxylic acids is 1. The smallest absolute Gasteiger partial charge is 0.222 e. The molecule has 2 aromatic carbocycles. The minimum Gasteiger partial charge on any atom is -0.493 e. The first-order valence-electron chi connectivity index (χ1n) is 9.59. The van der Waals surface area contributed by atoms with Gasteiger partial charge in [0.1, 0.15) is 12.4 Å². The zero-order chi connectivity index (χ0) is 21.2. The molecule has 0 unspecified atom stereocenters. The third-order valence-corrected chi connectivity index (χ3v) is 4.40. The summed E-state index contributed by atoms with van der Waals surface area (Å²) in [6.07, 6.45) is 0.975. The summed E-state index contributed by atoms with van der Waals surface area (Å²) in [6.45, 7) is 5.43. The van der Waals surface area contributed by atoms with Gasteiger partial charge in [-0.1, -0.05) is 6.07 Å². The van der Waals surface area contributed by atoms with E-state index in [4.69, 9.17) is 19.5 Å². The molecule has 0 fully saturated rings. The minimum absolute atomic E-state index is 0.0458. The van der Waals surface area contributed by atoms with Crippen LogP contribution >= 0.6 is 0 Å². The molecule has 0 spiro atoms. The Labute approximate surface area is 172 Å². The van der Waals surface area contributed by atoms with Gasteiger partial charge < -0.3 is 19.1 Å². The molecule has 0 heterocycles. The zero-order valence-corrected chi connectivity index (χ0v) is 17.5. The zero-order valence-electron chi connectivity index (χ0n) is 17.5. The summed E-state index contributed by atoms with van der Waals surface area (Å²) in [5, 5.41) is 8.93. The van der Waals surface area contributed by atoms with Crippen LogP contribution in [0.1, 0.15) is 29.5 Å². The largest absolute Gasteiger partial charge is 0.493 e. The van der Waals surface area contributed by atoms with Gasteiger partial charge in [0.25, 0.3) is 0 Å². The van der Waals surface area contributed by atoms with E-state index in [1.165, 1.54) is 7.11 Å². The van der Waals surface area contributed by atoms with E-state index in [-0.39, 0.29) is 5.91 Å². The van der Waals surface area contributed by atoms with Crippen LogP contribution in [0.5, 0.6) is 17.2 Å². The fourth-order valence-electron chi connectivity index (χ4n) is 2.89. The van der Waals surface area contributed by atoms with E-state index in [1.807, 2.05) is 26.0 Å². The van der Waals surface area contributed by atoms with E-state index in [0.717, 1.165) is 16.9 Å². The molecule has 6 nitrogen and oxygen atoms in total. The molecular weight excluding hydrogens is 368 g/mol. The molecular formula is C23H28N2O4. The van der Waals surface area contributed by atoms with Gasteiger partial charge in [0.2, 0.25) is 5.91 Å². The number of hydrogen-bond acceptors (Lipinski definition) is 5. The predicted molar refractivity (Wildman–Crippen MR) is 111 cm³/mol. The SMILES string of the molecule is COc1cc(C#N)ccc1OCCCC(=O)N(C)CCOc1cc(C)cc(C)c1. The molecule has 29 heavy (non-hydrogen) atoms. The predicted octanol–water partition coefficient (Wildman–Crippen LogP) is 3.88. The third-order valence-electron chi connectivity index (χ3n) is 4.40. The number of nitriles is 1. The van der Waals surface area contributed by atoms with Crippen LogP contribution in [-0.4, -0.2) is 44.7 Å². The Hall–Kier alpha value is -3.20. The Morgan fingerprint density at radius 1 is 1.03 bits per heavy atom. The van der Waals surface area contributed by atoms with Crippen LogP contribution in [0, 0.1) is 25.2 Å². The molecule has 2 aromatic rings. The average Bonchev–Trinajstić information content (AvgIpc) is 2.70. The van der Waals surface area contributed by atoms with E-state index < -0.39 is 0 Å². The number of hydrogen-bond donors (Lipinski definition) is 0. The molecule has 0 atom stereocenters. The van der Waals surface area contributed by atoms with Gasteiger partial charge >= 0.3 is 0 Å². The van der Waals surface area contributed by atoms with Gasteiger partial charge in [0.05, 0.1) is 31.9 Å². The van der Waals surface area contributed by atoms with Gasteiger partial charge in [-0.2, -0.15) is 5.26 Å². The van der Waals surface area contributed by atoms with Crippen molar-refractivity contribution in [3.63, 3.8) is 0 Å². The molecule has 154 valence electrons. The summed E-state index contributed by atoms with van der Waals surface area (Å²) in [5.41, 5.74) is 2.82. The number of ether oxygens (including phenoxy) is 3. The molecule has 0 aliphatic heterocycles. The lowest BCUT2D eigenvalue weighted by Crippen LogP contribution is -2.30. The quantitative estimate of drug-likeness (QED) is 0.570. The number of carbonyl (C=O) groups is 1. The van der Waals surface area contributed by atoms with Crippen molar-refractivity contribution in [1.82, 2.24) is 4.90 Å². The van der Waals surface area contributed by atoms with Gasteiger partial charge in [0, 0.05) is 19.5 Å². The molecule has 0 aliphatic carbocycles. The van der Waals surface area contributed by atoms with Crippen molar-refractivity contribution in [3.05, 3.63) is 53.1 Å². The van der Waals surface area contributed by atoms with Crippen LogP contribution < -0.4 is 14.2 Å². The first-order valence-corrected chi connectivity index (χ1v) is 9.59. The lowest BCUT2D eigenvalue weighted by molar-refractivity contribution is -0.130. The molecule has 0 radical (unpaired) electrons. The maximum Gasteiger partial charge on any atom is 0.222 e. The van der Waals surface area contributed by atoms with Gasteiger partial charge in [0.15, 0.2) is 11.5 Å². The second-order valence-corrected chi connectivity index (χ2v) is 6.92. The number of amides is 1. The maximum atomic E-state index is 12.3. The number of aryl methyl sites for hydroxylation is 2. The van der Waals surface area contributed by atoms with Crippen molar-refractivity contribution in [1.29, 1.82) is 5.26 Å². The van der Waals surface area contributed by atoms with E-state index >= 15 is 0 Å². The minimum atomic E-state index is 0.0458. The first-order chi connectivity index (χ1) is 13.9. The fourth-order valence-corrected chi connectivity index (χ4v) is 2.89. The van der Waals surface area contributed by atoms with Crippen molar-refractivity contribution >= 4 is 5.91 Å². The van der Waals surface area contributed by atoms with Crippen molar-refractivity contribution in [2.45, 2.75) is 26.7 Å². The summed E-state index contributed by atoms with van der Waals surface area (Å²) in [5.74, 6) is 1.95. The summed E-state index contributed by atoms with van der Waals surface area (Å²) in [4.78, 5) is 13.9. The first kappa shape index (κ1) is 22.1. The van der Waals surface area contributed by atoms with E-state index in [0.29, 0.717) is 49.7 Å². The van der Waals surface area contributed by atoms with Gasteiger partial charge in [-0.25, -0.2) is 0 Å². The van der Waals surface area contributed by atoms with Crippen LogP contribution in [-0.2, 0) is 4.79 Å². The Kier molecular flexibility index (Phi) is 8.35. The fraction of sp³-hybridized carbons (Fsp3) is 0.391. The summed E-state index contributed by atoms with van der Waals surface area (Å²) in [7, 11) is 3.31. The monoisotopic (exact) mass is 396 g/mol. The van der Waals surface area contributed by atoms with Crippen LogP contribution in [0.2, 0.25) is 0 Å². The van der Waals surface area contributed by atoms with Crippen molar-refractivity contribution < 1.29 is 19.0 Å². The Balaban J connectivity index is 1.70. The molecule has 0 N–H and O–H groups in total. The molecule has 0 saturated carbocycles. The standard InChI is InChI=1S/C23H28N2O4/c1-17-12-18(2)14-20(13-17)28-11-9-25(3)23(26)6-5-10-29-21-8-7-19(16-24)15-22(21)27-4/h7-8,12-15H,5-6,9-11H2,1-4H3. The number of rotatable bonds is 10.